The van der Waals surface area contributed by atoms with Gasteiger partial charge in [0.2, 0.25) is 10.0 Å². The highest BCUT2D eigenvalue weighted by molar-refractivity contribution is 7.89. The van der Waals surface area contributed by atoms with Crippen molar-refractivity contribution >= 4 is 15.9 Å². The van der Waals surface area contributed by atoms with Crippen LogP contribution in [-0.2, 0) is 10.0 Å². The van der Waals surface area contributed by atoms with Crippen LogP contribution in [-0.4, -0.2) is 51.0 Å². The van der Waals surface area contributed by atoms with E-state index in [0.717, 1.165) is 12.8 Å². The van der Waals surface area contributed by atoms with E-state index in [2.05, 4.69) is 9.71 Å². The molecule has 1 aliphatic heterocycles. The minimum atomic E-state index is -3.60. The number of likely N-dealkylation sites (tertiary alicyclic amines) is 1. The highest BCUT2D eigenvalue weighted by Gasteiger charge is 2.26. The van der Waals surface area contributed by atoms with Crippen molar-refractivity contribution in [2.45, 2.75) is 24.7 Å². The number of methoxy groups -OCH3 is 1. The summed E-state index contributed by atoms with van der Waals surface area (Å²) in [5.41, 5.74) is 1.30. The van der Waals surface area contributed by atoms with Crippen LogP contribution < -0.4 is 9.46 Å². The molecular weight excluding hydrogens is 378 g/mol. The fourth-order valence-electron chi connectivity index (χ4n) is 3.36. The third-order valence-corrected chi connectivity index (χ3v) is 6.41. The molecule has 7 nitrogen and oxygen atoms in total. The summed E-state index contributed by atoms with van der Waals surface area (Å²) in [5, 5.41) is 0. The smallest absolute Gasteiger partial charge is 0.255 e. The number of ether oxygens (including phenoxy) is 1. The number of amides is 1. The minimum absolute atomic E-state index is 0.0479. The number of hydrogen-bond acceptors (Lipinski definition) is 5. The van der Waals surface area contributed by atoms with Gasteiger partial charge in [0, 0.05) is 31.5 Å². The fraction of sp³-hybridized carbons (Fsp3) is 0.400. The number of aryl methyl sites for hydroxylation is 1. The SMILES string of the molecule is COc1ccc(S(=O)(=O)NC[C@H]2CCCN(C(=O)c3cccnc3C)C2)cc1. The van der Waals surface area contributed by atoms with E-state index in [9.17, 15) is 13.2 Å². The molecule has 1 atom stereocenters. The van der Waals surface area contributed by atoms with Crippen LogP contribution in [0.1, 0.15) is 28.9 Å². The zero-order valence-electron chi connectivity index (χ0n) is 16.1. The number of rotatable bonds is 6. The molecule has 1 fully saturated rings. The molecule has 0 radical (unpaired) electrons. The molecule has 1 N–H and O–H groups in total. The Morgan fingerprint density at radius 3 is 2.71 bits per heavy atom. The van der Waals surface area contributed by atoms with Crippen LogP contribution in [0.4, 0.5) is 0 Å². The quantitative estimate of drug-likeness (QED) is 0.799. The topological polar surface area (TPSA) is 88.6 Å². The molecule has 1 aromatic carbocycles. The maximum atomic E-state index is 12.8. The molecule has 1 amide bonds. The van der Waals surface area contributed by atoms with Crippen molar-refractivity contribution in [3.05, 3.63) is 53.9 Å². The summed E-state index contributed by atoms with van der Waals surface area (Å²) in [6, 6.07) is 9.80. The lowest BCUT2D eigenvalue weighted by Gasteiger charge is -2.33. The lowest BCUT2D eigenvalue weighted by atomic mass is 9.97. The lowest BCUT2D eigenvalue weighted by molar-refractivity contribution is 0.0675. The average Bonchev–Trinajstić information content (AvgIpc) is 2.72. The van der Waals surface area contributed by atoms with Crippen LogP contribution >= 0.6 is 0 Å². The second kappa shape index (κ2) is 8.70. The third-order valence-electron chi connectivity index (χ3n) is 4.98. The summed E-state index contributed by atoms with van der Waals surface area (Å²) < 4.78 is 32.8. The van der Waals surface area contributed by atoms with Crippen LogP contribution in [0.25, 0.3) is 0 Å². The Morgan fingerprint density at radius 2 is 2.04 bits per heavy atom. The zero-order valence-corrected chi connectivity index (χ0v) is 16.9. The number of sulfonamides is 1. The molecule has 2 heterocycles. The molecule has 0 saturated carbocycles. The first-order chi connectivity index (χ1) is 13.4. The summed E-state index contributed by atoms with van der Waals surface area (Å²) in [6.45, 7) is 3.31. The molecule has 28 heavy (non-hydrogen) atoms. The number of pyridine rings is 1. The first-order valence-electron chi connectivity index (χ1n) is 9.25. The summed E-state index contributed by atoms with van der Waals surface area (Å²) in [5.74, 6) is 0.627. The van der Waals surface area contributed by atoms with E-state index in [1.165, 1.54) is 19.2 Å². The number of carbonyl (C=O) groups excluding carboxylic acids is 1. The van der Waals surface area contributed by atoms with Crippen molar-refractivity contribution in [3.63, 3.8) is 0 Å². The van der Waals surface area contributed by atoms with Crippen molar-refractivity contribution in [1.82, 2.24) is 14.6 Å². The van der Waals surface area contributed by atoms with Gasteiger partial charge < -0.3 is 9.64 Å². The predicted molar refractivity (Wildman–Crippen MR) is 106 cm³/mol. The summed E-state index contributed by atoms with van der Waals surface area (Å²) in [7, 11) is -2.07. The molecule has 8 heteroatoms. The molecule has 1 saturated heterocycles. The van der Waals surface area contributed by atoms with Gasteiger partial charge in [0.25, 0.3) is 5.91 Å². The van der Waals surface area contributed by atoms with Gasteiger partial charge in [0.05, 0.1) is 17.6 Å². The number of hydrogen-bond donors (Lipinski definition) is 1. The van der Waals surface area contributed by atoms with Gasteiger partial charge in [0.15, 0.2) is 0 Å². The van der Waals surface area contributed by atoms with E-state index in [1.807, 2.05) is 6.92 Å². The highest BCUT2D eigenvalue weighted by atomic mass is 32.2. The van der Waals surface area contributed by atoms with Crippen molar-refractivity contribution in [1.29, 1.82) is 0 Å². The van der Waals surface area contributed by atoms with Crippen LogP contribution in [0.2, 0.25) is 0 Å². The number of carbonyl (C=O) groups is 1. The number of benzene rings is 1. The third kappa shape index (κ3) is 4.69. The minimum Gasteiger partial charge on any atom is -0.497 e. The molecule has 0 unspecified atom stereocenters. The van der Waals surface area contributed by atoms with Gasteiger partial charge in [-0.1, -0.05) is 0 Å². The number of nitrogens with zero attached hydrogens (tertiary/aromatic N) is 2. The van der Waals surface area contributed by atoms with Gasteiger partial charge in [0.1, 0.15) is 5.75 Å². The van der Waals surface area contributed by atoms with Gasteiger partial charge in [-0.3, -0.25) is 9.78 Å². The van der Waals surface area contributed by atoms with E-state index >= 15 is 0 Å². The lowest BCUT2D eigenvalue weighted by Crippen LogP contribution is -2.43. The van der Waals surface area contributed by atoms with Gasteiger partial charge in [-0.25, -0.2) is 13.1 Å². The van der Waals surface area contributed by atoms with Crippen LogP contribution in [0.5, 0.6) is 5.75 Å². The van der Waals surface area contributed by atoms with Crippen molar-refractivity contribution in [2.75, 3.05) is 26.7 Å². The molecule has 2 aromatic rings. The van der Waals surface area contributed by atoms with Gasteiger partial charge in [-0.15, -0.1) is 0 Å². The molecule has 1 aromatic heterocycles. The second-order valence-corrected chi connectivity index (χ2v) is 8.69. The largest absolute Gasteiger partial charge is 0.497 e. The standard InChI is InChI=1S/C20H25N3O4S/c1-15-19(6-3-11-21-15)20(24)23-12-4-5-16(14-23)13-22-28(25,26)18-9-7-17(27-2)8-10-18/h3,6-11,16,22H,4-5,12-14H2,1-2H3/t16-/m1/s1. The number of aromatic nitrogens is 1. The normalized spacial score (nSPS) is 17.4. The maximum Gasteiger partial charge on any atom is 0.255 e. The monoisotopic (exact) mass is 403 g/mol. The number of nitrogens with one attached hydrogen (secondary N) is 1. The van der Waals surface area contributed by atoms with E-state index in [1.54, 1.807) is 35.4 Å². The van der Waals surface area contributed by atoms with Crippen LogP contribution in [0.3, 0.4) is 0 Å². The molecule has 0 bridgehead atoms. The Hall–Kier alpha value is -2.45. The molecular formula is C20H25N3O4S. The Bertz CT molecular complexity index is 929. The van der Waals surface area contributed by atoms with Gasteiger partial charge in [-0.2, -0.15) is 0 Å². The molecule has 150 valence electrons. The van der Waals surface area contributed by atoms with Crippen LogP contribution in [0, 0.1) is 12.8 Å². The Kier molecular flexibility index (Phi) is 6.31. The Morgan fingerprint density at radius 1 is 1.29 bits per heavy atom. The van der Waals surface area contributed by atoms with Gasteiger partial charge >= 0.3 is 0 Å². The summed E-state index contributed by atoms with van der Waals surface area (Å²) >= 11 is 0. The molecule has 0 aliphatic carbocycles. The maximum absolute atomic E-state index is 12.8. The van der Waals surface area contributed by atoms with Gasteiger partial charge in [-0.05, 0) is 62.1 Å². The number of piperidine rings is 1. The van der Waals surface area contributed by atoms with E-state index in [-0.39, 0.29) is 16.7 Å². The fourth-order valence-corrected chi connectivity index (χ4v) is 4.48. The molecule has 1 aliphatic rings. The zero-order chi connectivity index (χ0) is 20.1. The van der Waals surface area contributed by atoms with Crippen molar-refractivity contribution < 1.29 is 17.9 Å². The first kappa shape index (κ1) is 20.3. The Labute approximate surface area is 165 Å². The summed E-state index contributed by atoms with van der Waals surface area (Å²) in [6.07, 6.45) is 3.39. The van der Waals surface area contributed by atoms with Crippen molar-refractivity contribution in [3.8, 4) is 5.75 Å². The van der Waals surface area contributed by atoms with Crippen LogP contribution in [0.15, 0.2) is 47.5 Å². The molecule has 3 rings (SSSR count). The summed E-state index contributed by atoms with van der Waals surface area (Å²) in [4.78, 5) is 19.0. The Balaban J connectivity index is 1.61. The predicted octanol–water partition coefficient (Wildman–Crippen LogP) is 2.23. The average molecular weight is 404 g/mol. The van der Waals surface area contributed by atoms with E-state index in [4.69, 9.17) is 4.74 Å². The van der Waals surface area contributed by atoms with E-state index in [0.29, 0.717) is 36.6 Å². The van der Waals surface area contributed by atoms with E-state index < -0.39 is 10.0 Å². The van der Waals surface area contributed by atoms with Crippen molar-refractivity contribution in [2.24, 2.45) is 5.92 Å². The first-order valence-corrected chi connectivity index (χ1v) is 10.7. The highest BCUT2D eigenvalue weighted by Crippen LogP contribution is 2.20. The second-order valence-electron chi connectivity index (χ2n) is 6.92. The molecule has 0 spiro atoms.